The lowest BCUT2D eigenvalue weighted by Crippen LogP contribution is -2.32. The van der Waals surface area contributed by atoms with E-state index in [1.165, 1.54) is 5.56 Å². The second-order valence-corrected chi connectivity index (χ2v) is 10.7. The standard InChI is InChI=1S/C26H35N5O2S2/c1-5-14-31(15-6-2)35(32,33)23-12-13-25-24(17-23)21(19-30(25)8-4)18-27-29-26(34)28-22-11-9-10-20(7-3)16-22/h9-13,16-19H,5-8,14-15H2,1-4H3,(H2,28,29,34)/b27-18+. The fourth-order valence-corrected chi connectivity index (χ4v) is 5.84. The van der Waals surface area contributed by atoms with Gasteiger partial charge in [-0.05, 0) is 74.3 Å². The van der Waals surface area contributed by atoms with Crippen LogP contribution in [0.25, 0.3) is 10.9 Å². The minimum atomic E-state index is -3.57. The first kappa shape index (κ1) is 26.8. The molecule has 0 aliphatic carbocycles. The highest BCUT2D eigenvalue weighted by Gasteiger charge is 2.24. The third-order valence-electron chi connectivity index (χ3n) is 5.77. The average Bonchev–Trinajstić information content (AvgIpc) is 3.21. The summed E-state index contributed by atoms with van der Waals surface area (Å²) in [6, 6.07) is 13.4. The zero-order valence-corrected chi connectivity index (χ0v) is 22.5. The number of aromatic nitrogens is 1. The number of aryl methyl sites for hydroxylation is 2. The predicted molar refractivity (Wildman–Crippen MR) is 150 cm³/mol. The molecule has 9 heteroatoms. The van der Waals surface area contributed by atoms with Crippen LogP contribution < -0.4 is 10.7 Å². The van der Waals surface area contributed by atoms with E-state index in [1.54, 1.807) is 22.7 Å². The molecule has 7 nitrogen and oxygen atoms in total. The minimum absolute atomic E-state index is 0.302. The molecular formula is C26H35N5O2S2. The molecule has 0 aliphatic heterocycles. The van der Waals surface area contributed by atoms with Gasteiger partial charge in [-0.1, -0.05) is 32.9 Å². The van der Waals surface area contributed by atoms with Crippen molar-refractivity contribution in [3.63, 3.8) is 0 Å². The van der Waals surface area contributed by atoms with Crippen LogP contribution in [0.15, 0.2) is 58.7 Å². The quantitative estimate of drug-likeness (QED) is 0.205. The topological polar surface area (TPSA) is 78.7 Å². The highest BCUT2D eigenvalue weighted by Crippen LogP contribution is 2.26. The maximum atomic E-state index is 13.3. The summed E-state index contributed by atoms with van der Waals surface area (Å²) in [5, 5.41) is 8.67. The van der Waals surface area contributed by atoms with Gasteiger partial charge in [0.05, 0.1) is 11.1 Å². The number of hydrogen-bond acceptors (Lipinski definition) is 4. The van der Waals surface area contributed by atoms with Crippen LogP contribution in [-0.2, 0) is 23.0 Å². The average molecular weight is 514 g/mol. The van der Waals surface area contributed by atoms with Crippen LogP contribution >= 0.6 is 12.2 Å². The van der Waals surface area contributed by atoms with E-state index in [0.717, 1.165) is 48.0 Å². The number of sulfonamides is 1. The Hall–Kier alpha value is -2.75. The van der Waals surface area contributed by atoms with Crippen LogP contribution in [0.5, 0.6) is 0 Å². The molecule has 0 spiro atoms. The molecule has 3 aromatic rings. The van der Waals surface area contributed by atoms with E-state index >= 15 is 0 Å². The van der Waals surface area contributed by atoms with Crippen LogP contribution in [0, 0.1) is 0 Å². The Morgan fingerprint density at radius 2 is 1.83 bits per heavy atom. The van der Waals surface area contributed by atoms with E-state index in [2.05, 4.69) is 46.4 Å². The summed E-state index contributed by atoms with van der Waals surface area (Å²) in [7, 11) is -3.57. The molecule has 0 amide bonds. The van der Waals surface area contributed by atoms with Gasteiger partial charge in [-0.3, -0.25) is 5.43 Å². The Morgan fingerprint density at radius 3 is 2.49 bits per heavy atom. The van der Waals surface area contributed by atoms with Crippen LogP contribution in [0.4, 0.5) is 5.69 Å². The van der Waals surface area contributed by atoms with Gasteiger partial charge in [-0.2, -0.15) is 9.41 Å². The Kier molecular flexibility index (Phi) is 9.42. The third kappa shape index (κ3) is 6.48. The molecule has 2 aromatic carbocycles. The summed E-state index contributed by atoms with van der Waals surface area (Å²) in [5.74, 6) is 0. The fraction of sp³-hybridized carbons (Fsp3) is 0.385. The molecule has 2 N–H and O–H groups in total. The Morgan fingerprint density at radius 1 is 1.09 bits per heavy atom. The number of thiocarbonyl (C=S) groups is 1. The summed E-state index contributed by atoms with van der Waals surface area (Å²) < 4.78 is 30.3. The van der Waals surface area contributed by atoms with E-state index < -0.39 is 10.0 Å². The van der Waals surface area contributed by atoms with E-state index in [1.807, 2.05) is 38.2 Å². The van der Waals surface area contributed by atoms with Crippen molar-refractivity contribution >= 4 is 50.2 Å². The lowest BCUT2D eigenvalue weighted by Gasteiger charge is -2.21. The number of rotatable bonds is 11. The van der Waals surface area contributed by atoms with Gasteiger partial charge in [-0.15, -0.1) is 0 Å². The smallest absolute Gasteiger partial charge is 0.243 e. The lowest BCUT2D eigenvalue weighted by atomic mass is 10.1. The number of anilines is 1. The molecule has 0 saturated heterocycles. The van der Waals surface area contributed by atoms with Gasteiger partial charge in [0.15, 0.2) is 5.11 Å². The van der Waals surface area contributed by atoms with Gasteiger partial charge in [0.25, 0.3) is 0 Å². The first-order chi connectivity index (χ1) is 16.8. The first-order valence-electron chi connectivity index (χ1n) is 12.2. The van der Waals surface area contributed by atoms with Crippen molar-refractivity contribution in [1.82, 2.24) is 14.3 Å². The number of benzene rings is 2. The van der Waals surface area contributed by atoms with E-state index in [9.17, 15) is 8.42 Å². The van der Waals surface area contributed by atoms with Crippen LogP contribution in [0.3, 0.4) is 0 Å². The second kappa shape index (κ2) is 12.3. The summed E-state index contributed by atoms with van der Waals surface area (Å²) >= 11 is 5.38. The summed E-state index contributed by atoms with van der Waals surface area (Å²) in [6.45, 7) is 9.91. The van der Waals surface area contributed by atoms with E-state index in [0.29, 0.717) is 23.1 Å². The van der Waals surface area contributed by atoms with Gasteiger partial charge < -0.3 is 9.88 Å². The molecule has 0 fully saturated rings. The van der Waals surface area contributed by atoms with Crippen LogP contribution in [0.2, 0.25) is 0 Å². The number of nitrogens with one attached hydrogen (secondary N) is 2. The zero-order chi connectivity index (χ0) is 25.4. The number of fused-ring (bicyclic) bond motifs is 1. The van der Waals surface area contributed by atoms with Gasteiger partial charge in [0.2, 0.25) is 10.0 Å². The molecule has 35 heavy (non-hydrogen) atoms. The fourth-order valence-electron chi connectivity index (χ4n) is 4.02. The van der Waals surface area contributed by atoms with Crippen molar-refractivity contribution < 1.29 is 8.42 Å². The molecule has 0 saturated carbocycles. The molecule has 0 atom stereocenters. The summed E-state index contributed by atoms with van der Waals surface area (Å²) in [5.41, 5.74) is 6.76. The molecule has 0 bridgehead atoms. The van der Waals surface area contributed by atoms with Crippen molar-refractivity contribution in [3.8, 4) is 0 Å². The van der Waals surface area contributed by atoms with E-state index in [-0.39, 0.29) is 0 Å². The minimum Gasteiger partial charge on any atom is -0.347 e. The highest BCUT2D eigenvalue weighted by atomic mass is 32.2. The largest absolute Gasteiger partial charge is 0.347 e. The zero-order valence-electron chi connectivity index (χ0n) is 20.9. The highest BCUT2D eigenvalue weighted by molar-refractivity contribution is 7.89. The molecule has 188 valence electrons. The monoisotopic (exact) mass is 513 g/mol. The van der Waals surface area contributed by atoms with Gasteiger partial charge in [0, 0.05) is 48.0 Å². The molecule has 1 heterocycles. The molecule has 3 rings (SSSR count). The molecular weight excluding hydrogens is 478 g/mol. The summed E-state index contributed by atoms with van der Waals surface area (Å²) in [6.07, 6.45) is 6.14. The Balaban J connectivity index is 1.85. The third-order valence-corrected chi connectivity index (χ3v) is 7.86. The van der Waals surface area contributed by atoms with Crippen molar-refractivity contribution in [2.75, 3.05) is 18.4 Å². The number of hydrogen-bond donors (Lipinski definition) is 2. The van der Waals surface area contributed by atoms with Crippen molar-refractivity contribution in [3.05, 3.63) is 59.8 Å². The van der Waals surface area contributed by atoms with Crippen molar-refractivity contribution in [1.29, 1.82) is 0 Å². The van der Waals surface area contributed by atoms with Crippen molar-refractivity contribution in [2.45, 2.75) is 58.4 Å². The van der Waals surface area contributed by atoms with Crippen molar-refractivity contribution in [2.24, 2.45) is 5.10 Å². The maximum Gasteiger partial charge on any atom is 0.243 e. The lowest BCUT2D eigenvalue weighted by molar-refractivity contribution is 0.410. The first-order valence-corrected chi connectivity index (χ1v) is 14.0. The Bertz CT molecular complexity index is 1290. The molecule has 0 aliphatic rings. The maximum absolute atomic E-state index is 13.3. The molecule has 1 aromatic heterocycles. The normalized spacial score (nSPS) is 12.0. The Labute approximate surface area is 214 Å². The number of nitrogens with zero attached hydrogens (tertiary/aromatic N) is 3. The predicted octanol–water partition coefficient (Wildman–Crippen LogP) is 5.35. The van der Waals surface area contributed by atoms with Gasteiger partial charge in [0.1, 0.15) is 0 Å². The van der Waals surface area contributed by atoms with Gasteiger partial charge >= 0.3 is 0 Å². The number of hydrazone groups is 1. The SMILES string of the molecule is CCCN(CCC)S(=O)(=O)c1ccc2c(c1)c(/C=N/NC(=S)Nc1cccc(CC)c1)cn2CC. The summed E-state index contributed by atoms with van der Waals surface area (Å²) in [4.78, 5) is 0.302. The molecule has 0 radical (unpaired) electrons. The van der Waals surface area contributed by atoms with E-state index in [4.69, 9.17) is 12.2 Å². The van der Waals surface area contributed by atoms with Crippen LogP contribution in [0.1, 0.15) is 51.7 Å². The molecule has 0 unspecified atom stereocenters. The van der Waals surface area contributed by atoms with Gasteiger partial charge in [-0.25, -0.2) is 8.42 Å². The van der Waals surface area contributed by atoms with Crippen LogP contribution in [-0.4, -0.2) is 41.7 Å². The second-order valence-electron chi connectivity index (χ2n) is 8.33.